The highest BCUT2D eigenvalue weighted by molar-refractivity contribution is 6.31. The van der Waals surface area contributed by atoms with Crippen LogP contribution < -0.4 is 4.90 Å². The van der Waals surface area contributed by atoms with Crippen molar-refractivity contribution >= 4 is 34.7 Å². The second kappa shape index (κ2) is 9.98. The monoisotopic (exact) mass is 511 g/mol. The summed E-state index contributed by atoms with van der Waals surface area (Å²) in [5.41, 5.74) is 3.87. The number of rotatable bonds is 4. The molecule has 0 spiro atoms. The maximum absolute atomic E-state index is 14.3. The van der Waals surface area contributed by atoms with Gasteiger partial charge in [-0.1, -0.05) is 23.7 Å². The Morgan fingerprint density at radius 2 is 1.78 bits per heavy atom. The van der Waals surface area contributed by atoms with Crippen molar-refractivity contribution < 1.29 is 13.9 Å². The third-order valence-electron chi connectivity index (χ3n) is 6.20. The van der Waals surface area contributed by atoms with Crippen molar-refractivity contribution in [2.75, 3.05) is 31.1 Å². The summed E-state index contributed by atoms with van der Waals surface area (Å²) in [6.07, 6.45) is -0.134. The number of nitriles is 1. The number of amides is 1. The number of ether oxygens (including phenoxy) is 1. The number of carbonyl (C=O) groups is 1. The van der Waals surface area contributed by atoms with Crippen LogP contribution in [0, 0.1) is 31.0 Å². The summed E-state index contributed by atoms with van der Waals surface area (Å²) in [5.74, 6) is 0.530. The Balaban J connectivity index is 1.71. The molecule has 36 heavy (non-hydrogen) atoms. The van der Waals surface area contributed by atoms with Gasteiger partial charge in [0, 0.05) is 31.2 Å². The van der Waals surface area contributed by atoms with Gasteiger partial charge in [0.1, 0.15) is 11.4 Å². The van der Waals surface area contributed by atoms with Crippen LogP contribution in [-0.2, 0) is 17.7 Å². The van der Waals surface area contributed by atoms with Crippen molar-refractivity contribution in [3.8, 4) is 6.07 Å². The van der Waals surface area contributed by atoms with Crippen molar-refractivity contribution in [3.63, 3.8) is 0 Å². The van der Waals surface area contributed by atoms with Gasteiger partial charge in [0.2, 0.25) is 5.95 Å². The minimum Gasteiger partial charge on any atom is -0.444 e. The van der Waals surface area contributed by atoms with Gasteiger partial charge in [0.25, 0.3) is 0 Å². The van der Waals surface area contributed by atoms with E-state index in [2.05, 4.69) is 15.5 Å². The molecule has 1 fully saturated rings. The van der Waals surface area contributed by atoms with Crippen LogP contribution in [0.25, 0.3) is 11.0 Å². The predicted molar refractivity (Wildman–Crippen MR) is 139 cm³/mol. The van der Waals surface area contributed by atoms with Crippen molar-refractivity contribution in [2.24, 2.45) is 0 Å². The summed E-state index contributed by atoms with van der Waals surface area (Å²) in [7, 11) is 0. The van der Waals surface area contributed by atoms with Gasteiger partial charge in [-0.2, -0.15) is 5.26 Å². The maximum atomic E-state index is 14.3. The number of nitrogens with zero attached hydrogens (tertiary/aromatic N) is 5. The molecule has 190 valence electrons. The van der Waals surface area contributed by atoms with Crippen LogP contribution >= 0.6 is 11.6 Å². The lowest BCUT2D eigenvalue weighted by Crippen LogP contribution is -2.50. The molecule has 1 aromatic heterocycles. The topological polar surface area (TPSA) is 74.4 Å². The largest absolute Gasteiger partial charge is 0.444 e. The van der Waals surface area contributed by atoms with Crippen LogP contribution in [0.3, 0.4) is 0 Å². The van der Waals surface area contributed by atoms with Crippen LogP contribution in [-0.4, -0.2) is 52.3 Å². The summed E-state index contributed by atoms with van der Waals surface area (Å²) in [6.45, 7) is 11.7. The summed E-state index contributed by atoms with van der Waals surface area (Å²) in [6, 6.07) is 9.52. The quantitative estimate of drug-likeness (QED) is 0.454. The fourth-order valence-corrected chi connectivity index (χ4v) is 4.82. The number of aromatic nitrogens is 2. The van der Waals surface area contributed by atoms with Gasteiger partial charge in [0.15, 0.2) is 0 Å². The molecule has 7 nitrogen and oxygen atoms in total. The second-order valence-electron chi connectivity index (χ2n) is 10.3. The zero-order valence-corrected chi connectivity index (χ0v) is 22.1. The number of anilines is 1. The molecule has 0 saturated carbocycles. The Morgan fingerprint density at radius 3 is 2.36 bits per heavy atom. The molecule has 1 aliphatic heterocycles. The van der Waals surface area contributed by atoms with Gasteiger partial charge >= 0.3 is 6.09 Å². The van der Waals surface area contributed by atoms with Crippen molar-refractivity contribution in [1.29, 1.82) is 5.26 Å². The van der Waals surface area contributed by atoms with Crippen LogP contribution in [0.4, 0.5) is 15.1 Å². The molecule has 0 atom stereocenters. The Hall–Kier alpha value is -3.31. The van der Waals surface area contributed by atoms with Crippen LogP contribution in [0.1, 0.15) is 43.0 Å². The molecule has 4 rings (SSSR count). The van der Waals surface area contributed by atoms with Crippen LogP contribution in [0.15, 0.2) is 24.3 Å². The van der Waals surface area contributed by atoms with E-state index in [4.69, 9.17) is 21.3 Å². The van der Waals surface area contributed by atoms with Crippen LogP contribution in [0.5, 0.6) is 0 Å². The van der Waals surface area contributed by atoms with E-state index in [-0.39, 0.29) is 18.3 Å². The highest BCUT2D eigenvalue weighted by atomic mass is 35.5. The van der Waals surface area contributed by atoms with E-state index < -0.39 is 5.60 Å². The van der Waals surface area contributed by atoms with Gasteiger partial charge in [-0.3, -0.25) is 0 Å². The molecule has 1 saturated heterocycles. The first kappa shape index (κ1) is 25.8. The van der Waals surface area contributed by atoms with E-state index in [1.165, 1.54) is 0 Å². The molecular formula is C27H31ClFN5O2. The van der Waals surface area contributed by atoms with E-state index in [0.717, 1.165) is 28.1 Å². The third-order valence-corrected chi connectivity index (χ3v) is 6.42. The number of benzene rings is 2. The molecule has 2 heterocycles. The zero-order chi connectivity index (χ0) is 26.2. The number of aryl methyl sites for hydroxylation is 2. The molecule has 1 amide bonds. The van der Waals surface area contributed by atoms with E-state index in [1.807, 2.05) is 39.0 Å². The molecule has 0 unspecified atom stereocenters. The average molecular weight is 512 g/mol. The number of fused-ring (bicyclic) bond motifs is 1. The fraction of sp³-hybridized carbons (Fsp3) is 0.444. The van der Waals surface area contributed by atoms with Gasteiger partial charge in [-0.05, 0) is 69.0 Å². The molecule has 0 aliphatic carbocycles. The summed E-state index contributed by atoms with van der Waals surface area (Å²) >= 11 is 6.44. The van der Waals surface area contributed by atoms with Gasteiger partial charge in [0.05, 0.1) is 30.1 Å². The normalized spacial score (nSPS) is 14.3. The van der Waals surface area contributed by atoms with Gasteiger partial charge in [-0.15, -0.1) is 0 Å². The van der Waals surface area contributed by atoms with E-state index in [0.29, 0.717) is 48.9 Å². The first-order valence-corrected chi connectivity index (χ1v) is 12.4. The zero-order valence-electron chi connectivity index (χ0n) is 21.4. The first-order valence-electron chi connectivity index (χ1n) is 12.0. The number of carbonyl (C=O) groups excluding carboxylic acids is 1. The number of hydrogen-bond acceptors (Lipinski definition) is 5. The minimum atomic E-state index is -0.552. The molecule has 2 aromatic carbocycles. The molecule has 9 heteroatoms. The SMILES string of the molecule is Cc1cc(Cn2c(N3CCN(C(=O)OC(C)(C)C)CC3)nc3c(CC#N)cc(Cl)cc32)cc(C)c1F. The molecule has 1 aliphatic rings. The van der Waals surface area contributed by atoms with Crippen LogP contribution in [0.2, 0.25) is 5.02 Å². The number of piperazine rings is 1. The summed E-state index contributed by atoms with van der Waals surface area (Å²) < 4.78 is 21.9. The van der Waals surface area contributed by atoms with Gasteiger partial charge in [-0.25, -0.2) is 14.2 Å². The van der Waals surface area contributed by atoms with Crippen molar-refractivity contribution in [3.05, 3.63) is 57.4 Å². The van der Waals surface area contributed by atoms with E-state index in [1.54, 1.807) is 24.8 Å². The second-order valence-corrected chi connectivity index (χ2v) is 10.7. The lowest BCUT2D eigenvalue weighted by Gasteiger charge is -2.36. The Labute approximate surface area is 216 Å². The van der Waals surface area contributed by atoms with Crippen molar-refractivity contribution in [1.82, 2.24) is 14.5 Å². The maximum Gasteiger partial charge on any atom is 0.410 e. The first-order chi connectivity index (χ1) is 17.0. The Bertz CT molecular complexity index is 1320. The molecule has 0 N–H and O–H groups in total. The van der Waals surface area contributed by atoms with E-state index in [9.17, 15) is 14.4 Å². The fourth-order valence-electron chi connectivity index (χ4n) is 4.59. The molecule has 0 radical (unpaired) electrons. The van der Waals surface area contributed by atoms with Gasteiger partial charge < -0.3 is 19.1 Å². The summed E-state index contributed by atoms with van der Waals surface area (Å²) in [4.78, 5) is 21.3. The standard InChI is InChI=1S/C27H31ClFN5O2/c1-17-12-19(13-18(2)23(17)29)16-34-22-15-21(28)14-20(6-7-30)24(22)31-25(34)32-8-10-33(11-9-32)26(35)36-27(3,4)5/h12-15H,6,8-11,16H2,1-5H3. The summed E-state index contributed by atoms with van der Waals surface area (Å²) in [5, 5.41) is 9.89. The number of hydrogen-bond donors (Lipinski definition) is 0. The smallest absolute Gasteiger partial charge is 0.410 e. The van der Waals surface area contributed by atoms with Crippen molar-refractivity contribution in [2.45, 2.75) is 53.2 Å². The molecule has 3 aromatic rings. The number of imidazole rings is 1. The predicted octanol–water partition coefficient (Wildman–Crippen LogP) is 5.62. The molecular weight excluding hydrogens is 481 g/mol. The van der Waals surface area contributed by atoms with E-state index >= 15 is 0 Å². The average Bonchev–Trinajstić information content (AvgIpc) is 3.15. The molecule has 0 bridgehead atoms. The number of halogens is 2. The highest BCUT2D eigenvalue weighted by Gasteiger charge is 2.28. The Morgan fingerprint density at radius 1 is 1.14 bits per heavy atom. The lowest BCUT2D eigenvalue weighted by molar-refractivity contribution is 0.0240. The highest BCUT2D eigenvalue weighted by Crippen LogP contribution is 2.31. The lowest BCUT2D eigenvalue weighted by atomic mass is 10.1. The third kappa shape index (κ3) is 5.41. The minimum absolute atomic E-state index is 0.189. The Kier molecular flexibility index (Phi) is 7.14.